The van der Waals surface area contributed by atoms with Crippen LogP contribution >= 0.6 is 0 Å². The van der Waals surface area contributed by atoms with Crippen LogP contribution in [0.5, 0.6) is 5.75 Å². The molecule has 0 fully saturated rings. The van der Waals surface area contributed by atoms with Gasteiger partial charge in [0.1, 0.15) is 5.75 Å². The first-order valence-corrected chi connectivity index (χ1v) is 8.10. The van der Waals surface area contributed by atoms with Crippen LogP contribution in [0.3, 0.4) is 0 Å². The zero-order valence-corrected chi connectivity index (χ0v) is 14.6. The van der Waals surface area contributed by atoms with Gasteiger partial charge in [0.05, 0.1) is 12.8 Å². The standard InChI is InChI=1S/C19H23N3O2/c1-14-13-17(18(23)21-12-6-5-11-19(21,2)3)20-22(14)15-7-9-16(24-4)10-8-15/h5-10,13H,11-12H2,1-4H3. The molecule has 1 aliphatic rings. The molecule has 126 valence electrons. The highest BCUT2D eigenvalue weighted by atomic mass is 16.5. The predicted molar refractivity (Wildman–Crippen MR) is 93.7 cm³/mol. The molecule has 2 heterocycles. The van der Waals surface area contributed by atoms with Crippen molar-refractivity contribution >= 4 is 5.91 Å². The van der Waals surface area contributed by atoms with Gasteiger partial charge in [-0.1, -0.05) is 12.2 Å². The second-order valence-corrected chi connectivity index (χ2v) is 6.68. The van der Waals surface area contributed by atoms with E-state index < -0.39 is 0 Å². The highest BCUT2D eigenvalue weighted by Crippen LogP contribution is 2.25. The first-order chi connectivity index (χ1) is 11.4. The van der Waals surface area contributed by atoms with Crippen LogP contribution in [0.2, 0.25) is 0 Å². The Morgan fingerprint density at radius 2 is 1.92 bits per heavy atom. The zero-order chi connectivity index (χ0) is 17.3. The lowest BCUT2D eigenvalue weighted by Gasteiger charge is -2.39. The second kappa shape index (κ2) is 6.15. The van der Waals surface area contributed by atoms with Gasteiger partial charge in [-0.2, -0.15) is 5.10 Å². The third kappa shape index (κ3) is 2.94. The summed E-state index contributed by atoms with van der Waals surface area (Å²) in [4.78, 5) is 14.8. The van der Waals surface area contributed by atoms with E-state index in [9.17, 15) is 4.79 Å². The fourth-order valence-electron chi connectivity index (χ4n) is 2.97. The van der Waals surface area contributed by atoms with Crippen LogP contribution in [0.15, 0.2) is 42.5 Å². The highest BCUT2D eigenvalue weighted by Gasteiger charge is 2.33. The summed E-state index contributed by atoms with van der Waals surface area (Å²) in [5.41, 5.74) is 2.12. The number of aryl methyl sites for hydroxylation is 1. The second-order valence-electron chi connectivity index (χ2n) is 6.68. The first kappa shape index (κ1) is 16.3. The van der Waals surface area contributed by atoms with Crippen LogP contribution in [0.25, 0.3) is 5.69 Å². The van der Waals surface area contributed by atoms with E-state index in [1.54, 1.807) is 11.8 Å². The number of methoxy groups -OCH3 is 1. The Hall–Kier alpha value is -2.56. The summed E-state index contributed by atoms with van der Waals surface area (Å²) >= 11 is 0. The minimum Gasteiger partial charge on any atom is -0.497 e. The van der Waals surface area contributed by atoms with Gasteiger partial charge in [0, 0.05) is 17.8 Å². The van der Waals surface area contributed by atoms with Crippen LogP contribution in [-0.4, -0.2) is 39.8 Å². The van der Waals surface area contributed by atoms with Crippen molar-refractivity contribution < 1.29 is 9.53 Å². The molecule has 0 unspecified atom stereocenters. The average molecular weight is 325 g/mol. The number of carbonyl (C=O) groups is 1. The first-order valence-electron chi connectivity index (χ1n) is 8.10. The molecule has 0 atom stereocenters. The summed E-state index contributed by atoms with van der Waals surface area (Å²) in [6.07, 6.45) is 5.03. The lowest BCUT2D eigenvalue weighted by Crippen LogP contribution is -2.49. The molecule has 2 aromatic rings. The fraction of sp³-hybridized carbons (Fsp3) is 0.368. The summed E-state index contributed by atoms with van der Waals surface area (Å²) in [5.74, 6) is 0.765. The Morgan fingerprint density at radius 1 is 1.21 bits per heavy atom. The molecular weight excluding hydrogens is 302 g/mol. The van der Waals surface area contributed by atoms with Gasteiger partial charge in [0.2, 0.25) is 0 Å². The zero-order valence-electron chi connectivity index (χ0n) is 14.6. The molecule has 0 bridgehead atoms. The number of aromatic nitrogens is 2. The molecule has 1 aromatic carbocycles. The van der Waals surface area contributed by atoms with Crippen molar-refractivity contribution in [2.24, 2.45) is 0 Å². The number of hydrogen-bond acceptors (Lipinski definition) is 3. The van der Waals surface area contributed by atoms with Crippen molar-refractivity contribution in [3.63, 3.8) is 0 Å². The average Bonchev–Trinajstić information content (AvgIpc) is 2.96. The number of ether oxygens (including phenoxy) is 1. The van der Waals surface area contributed by atoms with E-state index in [1.807, 2.05) is 48.2 Å². The van der Waals surface area contributed by atoms with E-state index in [0.29, 0.717) is 12.2 Å². The van der Waals surface area contributed by atoms with E-state index in [0.717, 1.165) is 23.6 Å². The largest absolute Gasteiger partial charge is 0.497 e. The molecule has 0 spiro atoms. The SMILES string of the molecule is COc1ccc(-n2nc(C(=O)N3CC=CCC3(C)C)cc2C)cc1. The van der Waals surface area contributed by atoms with Crippen molar-refractivity contribution in [1.29, 1.82) is 0 Å². The number of hydrogen-bond donors (Lipinski definition) is 0. The van der Waals surface area contributed by atoms with Gasteiger partial charge in [-0.25, -0.2) is 4.68 Å². The van der Waals surface area contributed by atoms with Crippen LogP contribution in [0.1, 0.15) is 36.5 Å². The predicted octanol–water partition coefficient (Wildman–Crippen LogP) is 3.37. The smallest absolute Gasteiger partial charge is 0.275 e. The molecule has 0 N–H and O–H groups in total. The number of amides is 1. The molecular formula is C19H23N3O2. The van der Waals surface area contributed by atoms with Crippen LogP contribution in [-0.2, 0) is 0 Å². The minimum atomic E-state index is -0.191. The summed E-state index contributed by atoms with van der Waals surface area (Å²) in [6.45, 7) is 6.75. The van der Waals surface area contributed by atoms with Crippen molar-refractivity contribution in [1.82, 2.24) is 14.7 Å². The van der Waals surface area contributed by atoms with Crippen LogP contribution in [0, 0.1) is 6.92 Å². The van der Waals surface area contributed by atoms with E-state index in [1.165, 1.54) is 0 Å². The maximum absolute atomic E-state index is 12.9. The van der Waals surface area contributed by atoms with E-state index >= 15 is 0 Å². The number of nitrogens with zero attached hydrogens (tertiary/aromatic N) is 3. The topological polar surface area (TPSA) is 47.4 Å². The summed E-state index contributed by atoms with van der Waals surface area (Å²) in [6, 6.07) is 9.48. The Kier molecular flexibility index (Phi) is 4.18. The van der Waals surface area contributed by atoms with Gasteiger partial charge in [-0.05, 0) is 57.5 Å². The molecule has 1 aromatic heterocycles. The van der Waals surface area contributed by atoms with Crippen molar-refractivity contribution in [2.75, 3.05) is 13.7 Å². The number of carbonyl (C=O) groups excluding carboxylic acids is 1. The molecule has 0 aliphatic carbocycles. The highest BCUT2D eigenvalue weighted by molar-refractivity contribution is 5.93. The summed E-state index contributed by atoms with van der Waals surface area (Å²) in [7, 11) is 1.64. The number of benzene rings is 1. The Morgan fingerprint density at radius 3 is 2.54 bits per heavy atom. The van der Waals surface area contributed by atoms with E-state index in [-0.39, 0.29) is 11.4 Å². The lowest BCUT2D eigenvalue weighted by atomic mass is 9.94. The molecule has 0 radical (unpaired) electrons. The molecule has 5 nitrogen and oxygen atoms in total. The third-order valence-electron chi connectivity index (χ3n) is 4.47. The van der Waals surface area contributed by atoms with Gasteiger partial charge >= 0.3 is 0 Å². The maximum atomic E-state index is 12.9. The lowest BCUT2D eigenvalue weighted by molar-refractivity contribution is 0.0565. The molecule has 5 heteroatoms. The van der Waals surface area contributed by atoms with E-state index in [2.05, 4.69) is 25.0 Å². The summed E-state index contributed by atoms with van der Waals surface area (Å²) in [5, 5.41) is 4.54. The van der Waals surface area contributed by atoms with Gasteiger partial charge in [0.25, 0.3) is 5.91 Å². The maximum Gasteiger partial charge on any atom is 0.275 e. The van der Waals surface area contributed by atoms with Gasteiger partial charge in [-0.15, -0.1) is 0 Å². The number of rotatable bonds is 3. The molecule has 1 aliphatic heterocycles. The molecule has 0 saturated carbocycles. The fourth-order valence-corrected chi connectivity index (χ4v) is 2.97. The van der Waals surface area contributed by atoms with E-state index in [4.69, 9.17) is 4.74 Å². The molecule has 1 amide bonds. The normalized spacial score (nSPS) is 16.2. The summed E-state index contributed by atoms with van der Waals surface area (Å²) < 4.78 is 6.98. The molecule has 0 saturated heterocycles. The monoisotopic (exact) mass is 325 g/mol. The van der Waals surface area contributed by atoms with Crippen molar-refractivity contribution in [3.8, 4) is 11.4 Å². The Balaban J connectivity index is 1.90. The third-order valence-corrected chi connectivity index (χ3v) is 4.47. The Labute approximate surface area is 142 Å². The molecule has 3 rings (SSSR count). The van der Waals surface area contributed by atoms with Gasteiger partial charge < -0.3 is 9.64 Å². The quantitative estimate of drug-likeness (QED) is 0.813. The van der Waals surface area contributed by atoms with Crippen LogP contribution < -0.4 is 4.74 Å². The van der Waals surface area contributed by atoms with Crippen molar-refractivity contribution in [3.05, 3.63) is 53.9 Å². The Bertz CT molecular complexity index is 772. The van der Waals surface area contributed by atoms with Crippen molar-refractivity contribution in [2.45, 2.75) is 32.7 Å². The molecule has 24 heavy (non-hydrogen) atoms. The van der Waals surface area contributed by atoms with Gasteiger partial charge in [0.15, 0.2) is 5.69 Å². The van der Waals surface area contributed by atoms with Crippen LogP contribution in [0.4, 0.5) is 0 Å². The minimum absolute atomic E-state index is 0.0280. The van der Waals surface area contributed by atoms with Gasteiger partial charge in [-0.3, -0.25) is 4.79 Å².